The summed E-state index contributed by atoms with van der Waals surface area (Å²) in [6, 6.07) is 14.0. The Morgan fingerprint density at radius 1 is 1.08 bits per heavy atom. The van der Waals surface area contributed by atoms with Gasteiger partial charge in [-0.25, -0.2) is 4.79 Å². The molecule has 0 fully saturated rings. The monoisotopic (exact) mass is 354 g/mol. The molecule has 0 bridgehead atoms. The summed E-state index contributed by atoms with van der Waals surface area (Å²) in [5.74, 6) is 1.89. The summed E-state index contributed by atoms with van der Waals surface area (Å²) >= 11 is 0. The first-order chi connectivity index (χ1) is 12.7. The predicted molar refractivity (Wildman–Crippen MR) is 94.6 cm³/mol. The minimum Gasteiger partial charge on any atom is -0.497 e. The van der Waals surface area contributed by atoms with Gasteiger partial charge >= 0.3 is 6.03 Å². The molecular weight excluding hydrogens is 336 g/mol. The Morgan fingerprint density at radius 3 is 2.58 bits per heavy atom. The molecule has 3 rings (SSSR count). The summed E-state index contributed by atoms with van der Waals surface area (Å²) in [5, 5.41) is 17.0. The van der Waals surface area contributed by atoms with E-state index in [1.807, 2.05) is 24.3 Å². The smallest absolute Gasteiger partial charge is 0.319 e. The average molecular weight is 354 g/mol. The molecule has 26 heavy (non-hydrogen) atoms. The highest BCUT2D eigenvalue weighted by Crippen LogP contribution is 2.17. The minimum atomic E-state index is -0.373. The molecule has 9 heteroatoms. The van der Waals surface area contributed by atoms with E-state index in [0.29, 0.717) is 17.3 Å². The van der Waals surface area contributed by atoms with Gasteiger partial charge in [0, 0.05) is 11.8 Å². The lowest BCUT2D eigenvalue weighted by atomic mass is 10.3. The van der Waals surface area contributed by atoms with Crippen molar-refractivity contribution in [3.05, 3.63) is 54.4 Å². The Labute approximate surface area is 149 Å². The molecule has 0 aliphatic heterocycles. The van der Waals surface area contributed by atoms with Crippen LogP contribution in [0.5, 0.6) is 11.5 Å². The van der Waals surface area contributed by atoms with Crippen molar-refractivity contribution in [2.24, 2.45) is 0 Å². The standard InChI is InChI=1S/C17H18N6O3/c1-25-14-8-6-13(7-9-14)23-16(20-21-22-23)11-18-17(24)19-12-4-3-5-15(10-12)26-2/h3-10H,11H2,1-2H3,(H2,18,19,24). The van der Waals surface area contributed by atoms with E-state index in [2.05, 4.69) is 26.2 Å². The van der Waals surface area contributed by atoms with Gasteiger partial charge in [-0.1, -0.05) is 6.07 Å². The molecule has 0 aliphatic carbocycles. The highest BCUT2D eigenvalue weighted by Gasteiger charge is 2.10. The summed E-state index contributed by atoms with van der Waals surface area (Å²) in [7, 11) is 3.17. The fourth-order valence-corrected chi connectivity index (χ4v) is 2.28. The number of ether oxygens (including phenoxy) is 2. The summed E-state index contributed by atoms with van der Waals surface area (Å²) < 4.78 is 11.8. The summed E-state index contributed by atoms with van der Waals surface area (Å²) in [5.41, 5.74) is 1.39. The molecule has 0 atom stereocenters. The third-order valence-corrected chi connectivity index (χ3v) is 3.59. The Balaban J connectivity index is 1.63. The van der Waals surface area contributed by atoms with Crippen molar-refractivity contribution in [1.82, 2.24) is 25.5 Å². The molecule has 0 unspecified atom stereocenters. The van der Waals surface area contributed by atoms with E-state index in [4.69, 9.17) is 9.47 Å². The number of hydrogen-bond acceptors (Lipinski definition) is 6. The number of hydrogen-bond donors (Lipinski definition) is 2. The van der Waals surface area contributed by atoms with Crippen LogP contribution in [-0.4, -0.2) is 40.5 Å². The highest BCUT2D eigenvalue weighted by atomic mass is 16.5. The van der Waals surface area contributed by atoms with Crippen LogP contribution in [-0.2, 0) is 6.54 Å². The second kappa shape index (κ2) is 7.97. The van der Waals surface area contributed by atoms with E-state index in [1.165, 1.54) is 0 Å². The van der Waals surface area contributed by atoms with Crippen molar-refractivity contribution in [3.63, 3.8) is 0 Å². The molecule has 1 aromatic heterocycles. The van der Waals surface area contributed by atoms with Crippen LogP contribution >= 0.6 is 0 Å². The fraction of sp³-hybridized carbons (Fsp3) is 0.176. The molecule has 0 spiro atoms. The minimum absolute atomic E-state index is 0.162. The van der Waals surface area contributed by atoms with Gasteiger partial charge < -0.3 is 20.1 Å². The molecule has 0 aliphatic rings. The molecule has 2 N–H and O–H groups in total. The van der Waals surface area contributed by atoms with E-state index >= 15 is 0 Å². The zero-order valence-electron chi connectivity index (χ0n) is 14.3. The Bertz CT molecular complexity index is 878. The average Bonchev–Trinajstić information content (AvgIpc) is 3.15. The molecule has 0 saturated carbocycles. The number of nitrogens with one attached hydrogen (secondary N) is 2. The summed E-state index contributed by atoms with van der Waals surface area (Å²) in [4.78, 5) is 12.1. The van der Waals surface area contributed by atoms with Crippen molar-refractivity contribution in [2.45, 2.75) is 6.54 Å². The number of aromatic nitrogens is 4. The third-order valence-electron chi connectivity index (χ3n) is 3.59. The van der Waals surface area contributed by atoms with E-state index in [-0.39, 0.29) is 12.6 Å². The van der Waals surface area contributed by atoms with Gasteiger partial charge in [-0.2, -0.15) is 4.68 Å². The van der Waals surface area contributed by atoms with Crippen LogP contribution in [0.15, 0.2) is 48.5 Å². The number of benzene rings is 2. The lowest BCUT2D eigenvalue weighted by molar-refractivity contribution is 0.251. The first kappa shape index (κ1) is 17.2. The molecule has 9 nitrogen and oxygen atoms in total. The molecule has 1 heterocycles. The summed E-state index contributed by atoms with van der Waals surface area (Å²) in [6.45, 7) is 0.162. The van der Waals surface area contributed by atoms with Crippen LogP contribution in [0.3, 0.4) is 0 Å². The highest BCUT2D eigenvalue weighted by molar-refractivity contribution is 5.89. The molecule has 134 valence electrons. The Hall–Kier alpha value is -3.62. The number of tetrazole rings is 1. The first-order valence-corrected chi connectivity index (χ1v) is 7.80. The zero-order chi connectivity index (χ0) is 18.4. The van der Waals surface area contributed by atoms with Gasteiger partial charge in [-0.05, 0) is 46.8 Å². The number of anilines is 1. The molecule has 0 radical (unpaired) electrons. The van der Waals surface area contributed by atoms with Gasteiger partial charge in [-0.3, -0.25) is 0 Å². The number of rotatable bonds is 6. The van der Waals surface area contributed by atoms with Gasteiger partial charge in [0.15, 0.2) is 5.82 Å². The number of carbonyl (C=O) groups is 1. The van der Waals surface area contributed by atoms with Crippen molar-refractivity contribution in [2.75, 3.05) is 19.5 Å². The van der Waals surface area contributed by atoms with Crippen LogP contribution in [0.4, 0.5) is 10.5 Å². The number of nitrogens with zero attached hydrogens (tertiary/aromatic N) is 4. The molecule has 2 amide bonds. The zero-order valence-corrected chi connectivity index (χ0v) is 14.3. The second-order valence-electron chi connectivity index (χ2n) is 5.24. The van der Waals surface area contributed by atoms with Crippen LogP contribution in [0, 0.1) is 0 Å². The number of methoxy groups -OCH3 is 2. The number of urea groups is 1. The number of carbonyl (C=O) groups excluding carboxylic acids is 1. The van der Waals surface area contributed by atoms with Gasteiger partial charge in [-0.15, -0.1) is 5.10 Å². The predicted octanol–water partition coefficient (Wildman–Crippen LogP) is 2.00. The maximum atomic E-state index is 12.1. The molecule has 3 aromatic rings. The topological polar surface area (TPSA) is 103 Å². The number of amides is 2. The normalized spacial score (nSPS) is 10.2. The van der Waals surface area contributed by atoms with E-state index in [9.17, 15) is 4.79 Å². The van der Waals surface area contributed by atoms with Crippen LogP contribution in [0.1, 0.15) is 5.82 Å². The van der Waals surface area contributed by atoms with E-state index < -0.39 is 0 Å². The summed E-state index contributed by atoms with van der Waals surface area (Å²) in [6.07, 6.45) is 0. The molecular formula is C17H18N6O3. The second-order valence-corrected chi connectivity index (χ2v) is 5.24. The third kappa shape index (κ3) is 4.07. The van der Waals surface area contributed by atoms with Crippen molar-refractivity contribution in [1.29, 1.82) is 0 Å². The van der Waals surface area contributed by atoms with E-state index in [1.54, 1.807) is 43.2 Å². The molecule has 0 saturated heterocycles. The maximum absolute atomic E-state index is 12.1. The lowest BCUT2D eigenvalue weighted by Crippen LogP contribution is -2.29. The SMILES string of the molecule is COc1ccc(-n2nnnc2CNC(=O)Nc2cccc(OC)c2)cc1. The quantitative estimate of drug-likeness (QED) is 0.702. The Kier molecular flexibility index (Phi) is 5.28. The fourth-order valence-electron chi connectivity index (χ4n) is 2.28. The van der Waals surface area contributed by atoms with Crippen molar-refractivity contribution >= 4 is 11.7 Å². The lowest BCUT2D eigenvalue weighted by Gasteiger charge is -2.09. The molecule has 2 aromatic carbocycles. The Morgan fingerprint density at radius 2 is 1.85 bits per heavy atom. The maximum Gasteiger partial charge on any atom is 0.319 e. The van der Waals surface area contributed by atoms with Crippen LogP contribution in [0.25, 0.3) is 5.69 Å². The van der Waals surface area contributed by atoms with Crippen LogP contribution < -0.4 is 20.1 Å². The largest absolute Gasteiger partial charge is 0.497 e. The van der Waals surface area contributed by atoms with Gasteiger partial charge in [0.05, 0.1) is 26.5 Å². The van der Waals surface area contributed by atoms with E-state index in [0.717, 1.165) is 11.4 Å². The van der Waals surface area contributed by atoms with Crippen molar-refractivity contribution < 1.29 is 14.3 Å². The first-order valence-electron chi connectivity index (χ1n) is 7.80. The van der Waals surface area contributed by atoms with Gasteiger partial charge in [0.2, 0.25) is 0 Å². The van der Waals surface area contributed by atoms with Gasteiger partial charge in [0.25, 0.3) is 0 Å². The van der Waals surface area contributed by atoms with Crippen molar-refractivity contribution in [3.8, 4) is 17.2 Å². The van der Waals surface area contributed by atoms with Crippen LogP contribution in [0.2, 0.25) is 0 Å². The van der Waals surface area contributed by atoms with Gasteiger partial charge in [0.1, 0.15) is 11.5 Å².